The second-order valence-electron chi connectivity index (χ2n) is 7.94. The van der Waals surface area contributed by atoms with E-state index >= 15 is 0 Å². The summed E-state index contributed by atoms with van der Waals surface area (Å²) in [7, 11) is 1.08. The van der Waals surface area contributed by atoms with Crippen molar-refractivity contribution >= 4 is 23.6 Å². The second kappa shape index (κ2) is 8.64. The maximum atomic E-state index is 12.2. The number of nitro groups is 1. The molecule has 2 aliphatic rings. The Morgan fingerprint density at radius 1 is 1.33 bits per heavy atom. The maximum absolute atomic E-state index is 12.2. The zero-order chi connectivity index (χ0) is 22.0. The van der Waals surface area contributed by atoms with Crippen LogP contribution >= 0.6 is 0 Å². The number of nitrogens with zero attached hydrogens (tertiary/aromatic N) is 2. The van der Waals surface area contributed by atoms with Gasteiger partial charge in [0.15, 0.2) is 0 Å². The lowest BCUT2D eigenvalue weighted by Gasteiger charge is -2.28. The van der Waals surface area contributed by atoms with E-state index < -0.39 is 40.6 Å². The van der Waals surface area contributed by atoms with Crippen molar-refractivity contribution in [1.82, 2.24) is 15.2 Å². The number of carbonyl (C=O) groups is 3. The number of nitrogens with one attached hydrogen (secondary N) is 2. The van der Waals surface area contributed by atoms with Crippen LogP contribution < -0.4 is 16.2 Å². The first-order valence-electron chi connectivity index (χ1n) is 9.77. The lowest BCUT2D eigenvalue weighted by molar-refractivity contribution is -0.386. The third-order valence-corrected chi connectivity index (χ3v) is 6.05. The van der Waals surface area contributed by atoms with Crippen LogP contribution in [-0.4, -0.2) is 40.5 Å². The number of carbonyl (C=O) groups excluding carboxylic acids is 3. The summed E-state index contributed by atoms with van der Waals surface area (Å²) in [5.41, 5.74) is -2.20. The highest BCUT2D eigenvalue weighted by Crippen LogP contribution is 2.49. The number of imide groups is 1. The minimum Gasteiger partial charge on any atom is -0.465 e. The van der Waals surface area contributed by atoms with E-state index in [1.165, 1.54) is 19.3 Å². The van der Waals surface area contributed by atoms with E-state index in [4.69, 9.17) is 0 Å². The number of urea groups is 1. The number of hydrogen-bond acceptors (Lipinski definition) is 7. The van der Waals surface area contributed by atoms with Crippen molar-refractivity contribution in [2.24, 2.45) is 17.8 Å². The van der Waals surface area contributed by atoms with Gasteiger partial charge in [-0.1, -0.05) is 6.42 Å². The fourth-order valence-electron chi connectivity index (χ4n) is 4.67. The summed E-state index contributed by atoms with van der Waals surface area (Å²) in [5, 5.41) is 16.0. The molecule has 1 aromatic rings. The molecule has 2 bridgehead atoms. The largest absolute Gasteiger partial charge is 0.465 e. The minimum absolute atomic E-state index is 0.0976. The van der Waals surface area contributed by atoms with Gasteiger partial charge in [-0.3, -0.25) is 29.6 Å². The van der Waals surface area contributed by atoms with Crippen LogP contribution in [0.5, 0.6) is 0 Å². The fourth-order valence-corrected chi connectivity index (χ4v) is 4.67. The molecule has 1 heterocycles. The van der Waals surface area contributed by atoms with Crippen LogP contribution in [0.25, 0.3) is 0 Å². The first-order chi connectivity index (χ1) is 14.2. The molecule has 3 amide bonds. The third-order valence-electron chi connectivity index (χ3n) is 6.05. The molecule has 11 heteroatoms. The molecule has 4 atom stereocenters. The molecule has 0 aromatic carbocycles. The Kier molecular flexibility index (Phi) is 6.18. The van der Waals surface area contributed by atoms with Gasteiger partial charge in [-0.15, -0.1) is 0 Å². The molecule has 11 nitrogen and oxygen atoms in total. The Balaban J connectivity index is 1.64. The smallest absolute Gasteiger partial charge is 0.339 e. The van der Waals surface area contributed by atoms with Crippen LogP contribution in [0, 0.1) is 27.9 Å². The lowest BCUT2D eigenvalue weighted by Crippen LogP contribution is -2.48. The quantitative estimate of drug-likeness (QED) is 0.399. The van der Waals surface area contributed by atoms with Gasteiger partial charge in [-0.25, -0.2) is 9.59 Å². The van der Waals surface area contributed by atoms with Gasteiger partial charge in [0, 0.05) is 18.3 Å². The second-order valence-corrected chi connectivity index (χ2v) is 7.94. The van der Waals surface area contributed by atoms with Gasteiger partial charge in [0.2, 0.25) is 5.91 Å². The molecule has 3 rings (SSSR count). The number of methoxy groups -OCH3 is 1. The standard InChI is InChI=1S/C19H24N4O7/c1-10(14-6-11-3-4-12(14)5-11)20-19(27)21-16(24)9-22-8-13(18(26)30-2)7-15(17(22)25)23(28)29/h7-8,10-12,14H,3-6,9H2,1-2H3,(H2,20,21,24,27)/t10-,11+,12+,14-/m1/s1. The van der Waals surface area contributed by atoms with E-state index in [1.54, 1.807) is 0 Å². The van der Waals surface area contributed by atoms with Crippen molar-refractivity contribution in [3.05, 3.63) is 38.3 Å². The van der Waals surface area contributed by atoms with Gasteiger partial charge in [0.25, 0.3) is 0 Å². The molecule has 2 aliphatic carbocycles. The minimum atomic E-state index is -1.07. The van der Waals surface area contributed by atoms with Crippen molar-refractivity contribution in [3.63, 3.8) is 0 Å². The topological polar surface area (TPSA) is 150 Å². The van der Waals surface area contributed by atoms with Crippen molar-refractivity contribution in [2.45, 2.75) is 45.2 Å². The number of aromatic nitrogens is 1. The normalized spacial score (nSPS) is 22.9. The van der Waals surface area contributed by atoms with E-state index in [0.717, 1.165) is 31.7 Å². The zero-order valence-electron chi connectivity index (χ0n) is 16.8. The molecule has 0 spiro atoms. The summed E-state index contributed by atoms with van der Waals surface area (Å²) in [6, 6.07) is -0.00627. The van der Waals surface area contributed by atoms with Crippen LogP contribution in [0.1, 0.15) is 43.0 Å². The molecule has 0 radical (unpaired) electrons. The first kappa shape index (κ1) is 21.5. The summed E-state index contributed by atoms with van der Waals surface area (Å²) in [5.74, 6) is -0.0396. The monoisotopic (exact) mass is 420 g/mol. The average molecular weight is 420 g/mol. The van der Waals surface area contributed by atoms with Crippen LogP contribution in [0.2, 0.25) is 0 Å². The van der Waals surface area contributed by atoms with Crippen molar-refractivity contribution in [3.8, 4) is 0 Å². The molecule has 0 aliphatic heterocycles. The molecular formula is C19H24N4O7. The van der Waals surface area contributed by atoms with Gasteiger partial charge in [-0.05, 0) is 43.9 Å². The van der Waals surface area contributed by atoms with Gasteiger partial charge in [0.1, 0.15) is 6.54 Å². The highest BCUT2D eigenvalue weighted by atomic mass is 16.6. The molecule has 162 valence electrons. The van der Waals surface area contributed by atoms with E-state index in [-0.39, 0.29) is 11.6 Å². The maximum Gasteiger partial charge on any atom is 0.339 e. The van der Waals surface area contributed by atoms with Crippen molar-refractivity contribution in [2.75, 3.05) is 7.11 Å². The highest BCUT2D eigenvalue weighted by molar-refractivity contribution is 5.94. The van der Waals surface area contributed by atoms with Crippen molar-refractivity contribution in [1.29, 1.82) is 0 Å². The number of amides is 3. The van der Waals surface area contributed by atoms with Gasteiger partial charge in [-0.2, -0.15) is 0 Å². The predicted molar refractivity (Wildman–Crippen MR) is 104 cm³/mol. The van der Waals surface area contributed by atoms with Crippen LogP contribution in [0.15, 0.2) is 17.1 Å². The third kappa shape index (κ3) is 4.50. The van der Waals surface area contributed by atoms with Crippen LogP contribution in [0.4, 0.5) is 10.5 Å². The molecule has 2 saturated carbocycles. The summed E-state index contributed by atoms with van der Waals surface area (Å²) in [4.78, 5) is 58.4. The van der Waals surface area contributed by atoms with Crippen LogP contribution in [-0.2, 0) is 16.1 Å². The number of pyridine rings is 1. The average Bonchev–Trinajstić information content (AvgIpc) is 3.32. The van der Waals surface area contributed by atoms with Gasteiger partial charge < -0.3 is 10.1 Å². The number of fused-ring (bicyclic) bond motifs is 2. The summed E-state index contributed by atoms with van der Waals surface area (Å²) in [6.45, 7) is 1.24. The first-order valence-corrected chi connectivity index (χ1v) is 9.77. The van der Waals surface area contributed by atoms with Crippen LogP contribution in [0.3, 0.4) is 0 Å². The molecule has 30 heavy (non-hydrogen) atoms. The Labute approximate surface area is 171 Å². The summed E-state index contributed by atoms with van der Waals surface area (Å²) < 4.78 is 5.21. The number of esters is 1. The Bertz CT molecular complexity index is 941. The Morgan fingerprint density at radius 2 is 2.07 bits per heavy atom. The number of ether oxygens (including phenoxy) is 1. The SMILES string of the molecule is COC(=O)c1cc([N+](=O)[O-])c(=O)n(CC(=O)NC(=O)N[C@H](C)[C@H]2C[C@H]3CC[C@H]2C3)c1. The van der Waals surface area contributed by atoms with Gasteiger partial charge in [0.05, 0.1) is 17.6 Å². The molecular weight excluding hydrogens is 396 g/mol. The molecule has 0 saturated heterocycles. The van der Waals surface area contributed by atoms with E-state index in [9.17, 15) is 29.3 Å². The number of hydrogen-bond donors (Lipinski definition) is 2. The van der Waals surface area contributed by atoms with E-state index in [2.05, 4.69) is 15.4 Å². The Morgan fingerprint density at radius 3 is 2.63 bits per heavy atom. The summed E-state index contributed by atoms with van der Waals surface area (Å²) in [6.07, 6.45) is 5.65. The molecule has 2 fully saturated rings. The fraction of sp³-hybridized carbons (Fsp3) is 0.579. The van der Waals surface area contributed by atoms with E-state index in [1.807, 2.05) is 6.92 Å². The zero-order valence-corrected chi connectivity index (χ0v) is 16.8. The number of rotatable bonds is 6. The Hall–Kier alpha value is -3.24. The summed E-state index contributed by atoms with van der Waals surface area (Å²) >= 11 is 0. The van der Waals surface area contributed by atoms with E-state index in [0.29, 0.717) is 16.4 Å². The van der Waals surface area contributed by atoms with Gasteiger partial charge >= 0.3 is 23.2 Å². The molecule has 0 unspecified atom stereocenters. The molecule has 2 N–H and O–H groups in total. The highest BCUT2D eigenvalue weighted by Gasteiger charge is 2.42. The van der Waals surface area contributed by atoms with Crippen molar-refractivity contribution < 1.29 is 24.0 Å². The molecule has 1 aromatic heterocycles. The lowest BCUT2D eigenvalue weighted by atomic mass is 9.84. The predicted octanol–water partition coefficient (Wildman–Crippen LogP) is 1.19.